The summed E-state index contributed by atoms with van der Waals surface area (Å²) in [5.41, 5.74) is 0. The third kappa shape index (κ3) is 33.2. The first-order valence-electron chi connectivity index (χ1n) is 18.7. The van der Waals surface area contributed by atoms with Crippen molar-refractivity contribution in [1.82, 2.24) is 0 Å². The predicted octanol–water partition coefficient (Wildman–Crippen LogP) is 10.3. The number of carbonyl (C=O) groups is 2. The minimum Gasteiger partial charge on any atom is -0.463 e. The molecule has 0 amide bonds. The van der Waals surface area contributed by atoms with Crippen LogP contribution < -0.4 is 0 Å². The fourth-order valence-electron chi connectivity index (χ4n) is 4.90. The van der Waals surface area contributed by atoms with Crippen molar-refractivity contribution in [2.75, 3.05) is 13.2 Å². The van der Waals surface area contributed by atoms with Gasteiger partial charge < -0.3 is 19.7 Å². The smallest absolute Gasteiger partial charge is 0.305 e. The lowest BCUT2D eigenvalue weighted by atomic mass is 9.99. The molecule has 0 saturated carbocycles. The van der Waals surface area contributed by atoms with Crippen LogP contribution in [0.3, 0.4) is 0 Å². The Hall–Kier alpha value is -2.18. The van der Waals surface area contributed by atoms with Crippen LogP contribution in [-0.2, 0) is 19.1 Å². The van der Waals surface area contributed by atoms with Gasteiger partial charge in [0.05, 0.1) is 6.10 Å². The first-order valence-corrected chi connectivity index (χ1v) is 18.7. The third-order valence-electron chi connectivity index (χ3n) is 8.18. The molecule has 0 spiro atoms. The second-order valence-electron chi connectivity index (χ2n) is 12.8. The van der Waals surface area contributed by atoms with Gasteiger partial charge in [0.2, 0.25) is 0 Å². The van der Waals surface area contributed by atoms with Gasteiger partial charge >= 0.3 is 11.9 Å². The number of rotatable bonds is 32. The number of hydrogen-bond donors (Lipinski definition) is 2. The zero-order valence-corrected chi connectivity index (χ0v) is 29.8. The molecule has 0 aliphatic carbocycles. The minimum absolute atomic E-state index is 0.143. The van der Waals surface area contributed by atoms with Gasteiger partial charge in [-0.2, -0.15) is 0 Å². The van der Waals surface area contributed by atoms with E-state index in [1.807, 2.05) is 12.2 Å². The molecule has 0 aromatic rings. The Bertz CT molecular complexity index is 815. The number of allylic oxidation sites excluding steroid dienone is 7. The molecule has 0 saturated heterocycles. The first-order chi connectivity index (χ1) is 22.4. The summed E-state index contributed by atoms with van der Waals surface area (Å²) in [5.74, 6) is 0.219. The van der Waals surface area contributed by atoms with Gasteiger partial charge in [0, 0.05) is 12.8 Å². The van der Waals surface area contributed by atoms with E-state index in [0.29, 0.717) is 19.3 Å². The van der Waals surface area contributed by atoms with Crippen molar-refractivity contribution >= 4 is 11.9 Å². The van der Waals surface area contributed by atoms with Gasteiger partial charge in [0.1, 0.15) is 19.3 Å². The van der Waals surface area contributed by atoms with E-state index in [1.54, 1.807) is 0 Å². The second-order valence-corrected chi connectivity index (χ2v) is 12.8. The van der Waals surface area contributed by atoms with E-state index in [2.05, 4.69) is 57.2 Å². The maximum atomic E-state index is 11.9. The molecule has 0 aromatic carbocycles. The molecule has 0 heterocycles. The monoisotopic (exact) mass is 647 g/mol. The molecule has 0 radical (unpaired) electrons. The fraction of sp³-hybridized carbons (Fsp3) is 0.750. The van der Waals surface area contributed by atoms with Crippen molar-refractivity contribution < 1.29 is 29.3 Å². The highest BCUT2D eigenvalue weighted by molar-refractivity contribution is 5.69. The Morgan fingerprint density at radius 2 is 1.07 bits per heavy atom. The summed E-state index contributed by atoms with van der Waals surface area (Å²) in [6, 6.07) is 0. The predicted molar refractivity (Wildman–Crippen MR) is 193 cm³/mol. The summed E-state index contributed by atoms with van der Waals surface area (Å²) in [5, 5.41) is 19.7. The highest BCUT2D eigenvalue weighted by Gasteiger charge is 2.12. The molecule has 266 valence electrons. The Morgan fingerprint density at radius 1 is 0.587 bits per heavy atom. The lowest BCUT2D eigenvalue weighted by Gasteiger charge is -2.12. The van der Waals surface area contributed by atoms with Crippen molar-refractivity contribution in [2.24, 2.45) is 5.92 Å². The van der Waals surface area contributed by atoms with E-state index < -0.39 is 6.10 Å². The first kappa shape index (κ1) is 43.8. The molecule has 46 heavy (non-hydrogen) atoms. The number of carbonyl (C=O) groups excluding carboxylic acids is 2. The number of ether oxygens (including phenoxy) is 2. The highest BCUT2D eigenvalue weighted by atomic mass is 16.6. The quantitative estimate of drug-likeness (QED) is 0.0429. The molecular weight excluding hydrogens is 576 g/mol. The van der Waals surface area contributed by atoms with E-state index >= 15 is 0 Å². The van der Waals surface area contributed by atoms with E-state index in [9.17, 15) is 19.8 Å². The largest absolute Gasteiger partial charge is 0.463 e. The van der Waals surface area contributed by atoms with Gasteiger partial charge in [-0.3, -0.25) is 9.59 Å². The van der Waals surface area contributed by atoms with E-state index in [1.165, 1.54) is 57.8 Å². The summed E-state index contributed by atoms with van der Waals surface area (Å²) in [7, 11) is 0. The maximum Gasteiger partial charge on any atom is 0.305 e. The van der Waals surface area contributed by atoms with Gasteiger partial charge in [-0.15, -0.1) is 0 Å². The third-order valence-corrected chi connectivity index (χ3v) is 8.18. The highest BCUT2D eigenvalue weighted by Crippen LogP contribution is 2.15. The van der Waals surface area contributed by atoms with Crippen LogP contribution >= 0.6 is 0 Å². The standard InChI is InChI=1S/C40H70O6/c1-4-6-30-37(41)31-26-22-18-14-9-7-8-10-15-19-23-27-32-39(43)45-34-38(42)35-46-40(44)33-28-24-20-16-12-11-13-17-21-25-29-36(3)5-2/h7-8,14-15,18-19,26,31,36-38,41-42H,4-6,9-13,16-17,20-25,27-30,32-35H2,1-3H3/b8-7-,18-14-,19-15-,31-26-/t36?,37-,38-/m0/s1. The van der Waals surface area contributed by atoms with Gasteiger partial charge in [-0.05, 0) is 50.9 Å². The van der Waals surface area contributed by atoms with Gasteiger partial charge in [-0.25, -0.2) is 0 Å². The van der Waals surface area contributed by atoms with Crippen LogP contribution in [0.5, 0.6) is 0 Å². The molecule has 6 heteroatoms. The van der Waals surface area contributed by atoms with Crippen molar-refractivity contribution in [3.05, 3.63) is 48.6 Å². The number of esters is 2. The number of aliphatic hydroxyl groups is 2. The molecule has 0 rings (SSSR count). The summed E-state index contributed by atoms with van der Waals surface area (Å²) in [6.45, 7) is 6.45. The van der Waals surface area contributed by atoms with E-state index in [4.69, 9.17) is 9.47 Å². The van der Waals surface area contributed by atoms with Crippen molar-refractivity contribution in [2.45, 2.75) is 174 Å². The normalized spacial score (nSPS) is 14.1. The molecule has 0 aliphatic heterocycles. The Kier molecular flexibility index (Phi) is 32.5. The molecule has 0 bridgehead atoms. The Morgan fingerprint density at radius 3 is 1.61 bits per heavy atom. The lowest BCUT2D eigenvalue weighted by molar-refractivity contribution is -0.152. The van der Waals surface area contributed by atoms with Crippen LogP contribution in [0.1, 0.15) is 162 Å². The van der Waals surface area contributed by atoms with Crippen LogP contribution in [-0.4, -0.2) is 47.6 Å². The number of hydrogen-bond acceptors (Lipinski definition) is 6. The zero-order valence-electron chi connectivity index (χ0n) is 29.8. The minimum atomic E-state index is -0.996. The van der Waals surface area contributed by atoms with Crippen molar-refractivity contribution in [1.29, 1.82) is 0 Å². The molecule has 3 atom stereocenters. The summed E-state index contributed by atoms with van der Waals surface area (Å²) in [4.78, 5) is 23.9. The second kappa shape index (κ2) is 34.2. The van der Waals surface area contributed by atoms with Crippen molar-refractivity contribution in [3.63, 3.8) is 0 Å². The topological polar surface area (TPSA) is 93.1 Å². The lowest BCUT2D eigenvalue weighted by Crippen LogP contribution is -2.25. The maximum absolute atomic E-state index is 11.9. The Labute approximate surface area is 282 Å². The fourth-order valence-corrected chi connectivity index (χ4v) is 4.90. The summed E-state index contributed by atoms with van der Waals surface area (Å²) >= 11 is 0. The molecule has 6 nitrogen and oxygen atoms in total. The van der Waals surface area contributed by atoms with Gasteiger partial charge in [0.15, 0.2) is 0 Å². The van der Waals surface area contributed by atoms with E-state index in [-0.39, 0.29) is 31.3 Å². The van der Waals surface area contributed by atoms with Crippen LogP contribution in [0.2, 0.25) is 0 Å². The molecule has 0 aliphatic rings. The molecule has 1 unspecified atom stereocenters. The Balaban J connectivity index is 3.60. The van der Waals surface area contributed by atoms with E-state index in [0.717, 1.165) is 70.1 Å². The SMILES string of the molecule is CCCC[C@H](O)/C=C\C/C=C\C/C=C\C/C=C\CCCC(=O)OC[C@H](O)COC(=O)CCCCCCCCCCCCC(C)CC. The van der Waals surface area contributed by atoms with Crippen LogP contribution in [0, 0.1) is 5.92 Å². The van der Waals surface area contributed by atoms with Gasteiger partial charge in [0.25, 0.3) is 0 Å². The van der Waals surface area contributed by atoms with Crippen LogP contribution in [0.4, 0.5) is 0 Å². The average Bonchev–Trinajstić information content (AvgIpc) is 3.05. The molecule has 2 N–H and O–H groups in total. The van der Waals surface area contributed by atoms with Crippen LogP contribution in [0.25, 0.3) is 0 Å². The molecular formula is C40H70O6. The zero-order chi connectivity index (χ0) is 33.9. The average molecular weight is 647 g/mol. The number of aliphatic hydroxyl groups excluding tert-OH is 2. The van der Waals surface area contributed by atoms with Crippen molar-refractivity contribution in [3.8, 4) is 0 Å². The van der Waals surface area contributed by atoms with Gasteiger partial charge in [-0.1, -0.05) is 153 Å². The molecule has 0 aromatic heterocycles. The number of unbranched alkanes of at least 4 members (excludes halogenated alkanes) is 11. The van der Waals surface area contributed by atoms with Crippen LogP contribution in [0.15, 0.2) is 48.6 Å². The summed E-state index contributed by atoms with van der Waals surface area (Å²) < 4.78 is 10.3. The molecule has 0 fully saturated rings. The summed E-state index contributed by atoms with van der Waals surface area (Å²) in [6.07, 6.45) is 37.8.